The van der Waals surface area contributed by atoms with E-state index in [4.69, 9.17) is 4.74 Å². The number of rotatable bonds is 3. The molecule has 0 radical (unpaired) electrons. The van der Waals surface area contributed by atoms with Crippen molar-refractivity contribution in [2.45, 2.75) is 39.0 Å². The number of ether oxygens (including phenoxy) is 1. The third-order valence-electron chi connectivity index (χ3n) is 4.64. The standard InChI is InChI=1S/C17H21NO2/c1-17(9-4-3-5-10-17)16(19)12-11-18-13-7-6-8-14(20-2)15(12)13/h6-8,11,18H,3-5,9-10H2,1-2H3. The molecule has 0 bridgehead atoms. The number of carbonyl (C=O) groups excluding carboxylic acids is 1. The molecule has 106 valence electrons. The second-order valence-electron chi connectivity index (χ2n) is 6.04. The Morgan fingerprint density at radius 2 is 2.00 bits per heavy atom. The lowest BCUT2D eigenvalue weighted by Gasteiger charge is -2.31. The van der Waals surface area contributed by atoms with Gasteiger partial charge in [0.15, 0.2) is 5.78 Å². The van der Waals surface area contributed by atoms with Gasteiger partial charge in [0.2, 0.25) is 0 Å². The van der Waals surface area contributed by atoms with E-state index >= 15 is 0 Å². The third kappa shape index (κ3) is 2.01. The van der Waals surface area contributed by atoms with Gasteiger partial charge in [-0.15, -0.1) is 0 Å². The number of H-pyrrole nitrogens is 1. The lowest BCUT2D eigenvalue weighted by Crippen LogP contribution is -2.30. The number of ketones is 1. The number of Topliss-reactive ketones (excluding diaryl/α,β-unsaturated/α-hetero) is 1. The minimum absolute atomic E-state index is 0.214. The van der Waals surface area contributed by atoms with E-state index in [2.05, 4.69) is 11.9 Å². The average molecular weight is 271 g/mol. The van der Waals surface area contributed by atoms with Crippen LogP contribution in [0.25, 0.3) is 10.9 Å². The quantitative estimate of drug-likeness (QED) is 0.844. The highest BCUT2D eigenvalue weighted by Crippen LogP contribution is 2.41. The Morgan fingerprint density at radius 3 is 2.70 bits per heavy atom. The summed E-state index contributed by atoms with van der Waals surface area (Å²) >= 11 is 0. The van der Waals surface area contributed by atoms with Gasteiger partial charge in [-0.05, 0) is 25.0 Å². The molecule has 3 nitrogen and oxygen atoms in total. The van der Waals surface area contributed by atoms with Gasteiger partial charge in [0, 0.05) is 22.7 Å². The third-order valence-corrected chi connectivity index (χ3v) is 4.64. The van der Waals surface area contributed by atoms with Gasteiger partial charge < -0.3 is 9.72 Å². The summed E-state index contributed by atoms with van der Waals surface area (Å²) in [5.74, 6) is 1.03. The summed E-state index contributed by atoms with van der Waals surface area (Å²) in [5, 5.41) is 0.923. The second kappa shape index (κ2) is 4.97. The maximum atomic E-state index is 13.0. The van der Waals surface area contributed by atoms with Crippen molar-refractivity contribution in [2.75, 3.05) is 7.11 Å². The van der Waals surface area contributed by atoms with E-state index in [0.717, 1.165) is 47.9 Å². The Morgan fingerprint density at radius 1 is 1.25 bits per heavy atom. The fourth-order valence-electron chi connectivity index (χ4n) is 3.38. The highest BCUT2D eigenvalue weighted by atomic mass is 16.5. The fourth-order valence-corrected chi connectivity index (χ4v) is 3.38. The number of nitrogens with one attached hydrogen (secondary N) is 1. The minimum atomic E-state index is -0.214. The number of aromatic nitrogens is 1. The van der Waals surface area contributed by atoms with E-state index in [9.17, 15) is 4.79 Å². The van der Waals surface area contributed by atoms with Crippen LogP contribution in [0.2, 0.25) is 0 Å². The molecule has 0 amide bonds. The summed E-state index contributed by atoms with van der Waals surface area (Å²) in [7, 11) is 1.65. The molecule has 1 aliphatic carbocycles. The zero-order valence-electron chi connectivity index (χ0n) is 12.2. The molecule has 1 aromatic heterocycles. The molecule has 3 heteroatoms. The van der Waals surface area contributed by atoms with Gasteiger partial charge in [0.05, 0.1) is 12.5 Å². The van der Waals surface area contributed by atoms with E-state index in [1.165, 1.54) is 6.42 Å². The molecular weight excluding hydrogens is 250 g/mol. The van der Waals surface area contributed by atoms with E-state index in [0.29, 0.717) is 0 Å². The van der Waals surface area contributed by atoms with Crippen molar-refractivity contribution in [2.24, 2.45) is 5.41 Å². The molecule has 1 heterocycles. The van der Waals surface area contributed by atoms with Crippen LogP contribution in [-0.4, -0.2) is 17.9 Å². The van der Waals surface area contributed by atoms with Crippen molar-refractivity contribution in [3.8, 4) is 5.75 Å². The van der Waals surface area contributed by atoms with Crippen molar-refractivity contribution in [1.29, 1.82) is 0 Å². The number of carbonyl (C=O) groups is 1. The molecule has 1 fully saturated rings. The smallest absolute Gasteiger partial charge is 0.171 e. The largest absolute Gasteiger partial charge is 0.496 e. The second-order valence-corrected chi connectivity index (χ2v) is 6.04. The first kappa shape index (κ1) is 13.2. The molecule has 3 rings (SSSR count). The average Bonchev–Trinajstić information content (AvgIpc) is 2.91. The summed E-state index contributed by atoms with van der Waals surface area (Å²) in [6, 6.07) is 5.84. The minimum Gasteiger partial charge on any atom is -0.496 e. The Hall–Kier alpha value is -1.77. The molecule has 0 spiro atoms. The first-order chi connectivity index (χ1) is 9.65. The summed E-state index contributed by atoms with van der Waals surface area (Å²) in [6.07, 6.45) is 7.39. The van der Waals surface area contributed by atoms with Crippen LogP contribution in [0.3, 0.4) is 0 Å². The maximum Gasteiger partial charge on any atom is 0.171 e. The van der Waals surface area contributed by atoms with Gasteiger partial charge in [0.1, 0.15) is 5.75 Å². The predicted octanol–water partition coefficient (Wildman–Crippen LogP) is 4.33. The number of fused-ring (bicyclic) bond motifs is 1. The van der Waals surface area contributed by atoms with Crippen molar-refractivity contribution in [3.05, 3.63) is 30.0 Å². The van der Waals surface area contributed by atoms with E-state index in [1.807, 2.05) is 24.4 Å². The Kier molecular flexibility index (Phi) is 3.28. The molecule has 1 aliphatic rings. The highest BCUT2D eigenvalue weighted by molar-refractivity contribution is 6.12. The zero-order valence-corrected chi connectivity index (χ0v) is 12.2. The monoisotopic (exact) mass is 271 g/mol. The number of hydrogen-bond acceptors (Lipinski definition) is 2. The van der Waals surface area contributed by atoms with Crippen LogP contribution >= 0.6 is 0 Å². The van der Waals surface area contributed by atoms with Gasteiger partial charge in [-0.1, -0.05) is 32.3 Å². The summed E-state index contributed by atoms with van der Waals surface area (Å²) in [4.78, 5) is 16.2. The van der Waals surface area contributed by atoms with E-state index < -0.39 is 0 Å². The number of methoxy groups -OCH3 is 1. The van der Waals surface area contributed by atoms with Crippen molar-refractivity contribution >= 4 is 16.7 Å². The molecule has 1 N–H and O–H groups in total. The zero-order chi connectivity index (χ0) is 14.2. The highest BCUT2D eigenvalue weighted by Gasteiger charge is 2.36. The molecule has 0 atom stereocenters. The summed E-state index contributed by atoms with van der Waals surface area (Å²) < 4.78 is 5.42. The number of benzene rings is 1. The van der Waals surface area contributed by atoms with Crippen LogP contribution in [0.5, 0.6) is 5.75 Å². The van der Waals surface area contributed by atoms with Gasteiger partial charge >= 0.3 is 0 Å². The number of aromatic amines is 1. The number of hydrogen-bond donors (Lipinski definition) is 1. The van der Waals surface area contributed by atoms with Crippen molar-refractivity contribution in [1.82, 2.24) is 4.98 Å². The molecule has 20 heavy (non-hydrogen) atoms. The first-order valence-electron chi connectivity index (χ1n) is 7.34. The van der Waals surface area contributed by atoms with E-state index in [-0.39, 0.29) is 11.2 Å². The van der Waals surface area contributed by atoms with Crippen LogP contribution in [0, 0.1) is 5.41 Å². The Balaban J connectivity index is 2.08. The van der Waals surface area contributed by atoms with Crippen LogP contribution in [0.1, 0.15) is 49.4 Å². The predicted molar refractivity (Wildman–Crippen MR) is 80.4 cm³/mol. The SMILES string of the molecule is COc1cccc2[nH]cc(C(=O)C3(C)CCCCC3)c12. The fraction of sp³-hybridized carbons (Fsp3) is 0.471. The molecule has 0 unspecified atom stereocenters. The van der Waals surface area contributed by atoms with Crippen LogP contribution in [0.15, 0.2) is 24.4 Å². The summed E-state index contributed by atoms with van der Waals surface area (Å²) in [5.41, 5.74) is 1.53. The van der Waals surface area contributed by atoms with Crippen molar-refractivity contribution in [3.63, 3.8) is 0 Å². The van der Waals surface area contributed by atoms with Crippen LogP contribution in [-0.2, 0) is 0 Å². The van der Waals surface area contributed by atoms with Crippen LogP contribution in [0.4, 0.5) is 0 Å². The maximum absolute atomic E-state index is 13.0. The van der Waals surface area contributed by atoms with Gasteiger partial charge in [-0.3, -0.25) is 4.79 Å². The molecular formula is C17H21NO2. The Labute approximate surface area is 119 Å². The van der Waals surface area contributed by atoms with E-state index in [1.54, 1.807) is 7.11 Å². The van der Waals surface area contributed by atoms with Gasteiger partial charge in [0.25, 0.3) is 0 Å². The van der Waals surface area contributed by atoms with Crippen molar-refractivity contribution < 1.29 is 9.53 Å². The normalized spacial score (nSPS) is 18.1. The first-order valence-corrected chi connectivity index (χ1v) is 7.34. The molecule has 1 saturated carbocycles. The van der Waals surface area contributed by atoms with Gasteiger partial charge in [-0.25, -0.2) is 0 Å². The lowest BCUT2D eigenvalue weighted by atomic mass is 9.71. The van der Waals surface area contributed by atoms with Crippen LogP contribution < -0.4 is 4.74 Å². The lowest BCUT2D eigenvalue weighted by molar-refractivity contribution is 0.0751. The molecule has 1 aromatic carbocycles. The Bertz CT molecular complexity index is 635. The topological polar surface area (TPSA) is 42.1 Å². The molecule has 0 aliphatic heterocycles. The summed E-state index contributed by atoms with van der Waals surface area (Å²) in [6.45, 7) is 2.11. The molecule has 2 aromatic rings. The van der Waals surface area contributed by atoms with Gasteiger partial charge in [-0.2, -0.15) is 0 Å². The molecule has 0 saturated heterocycles.